The van der Waals surface area contributed by atoms with E-state index in [0.717, 1.165) is 19.3 Å². The maximum absolute atomic E-state index is 12.6. The predicted octanol–water partition coefficient (Wildman–Crippen LogP) is 3.19. The second-order valence-electron chi connectivity index (χ2n) is 5.28. The summed E-state index contributed by atoms with van der Waals surface area (Å²) < 4.78 is 1.82. The molecular formula is C16H18N2O. The van der Waals surface area contributed by atoms with Crippen molar-refractivity contribution in [3.8, 4) is 0 Å². The molecule has 1 aliphatic carbocycles. The number of benzene rings is 1. The SMILES string of the molecule is Cn1ccnc1C(=O)[C@@H]1CCC[C@H]1c1ccccc1. The van der Waals surface area contributed by atoms with E-state index >= 15 is 0 Å². The highest BCUT2D eigenvalue weighted by atomic mass is 16.1. The van der Waals surface area contributed by atoms with E-state index in [-0.39, 0.29) is 11.7 Å². The van der Waals surface area contributed by atoms with Gasteiger partial charge in [0, 0.05) is 25.4 Å². The molecule has 2 atom stereocenters. The largest absolute Gasteiger partial charge is 0.332 e. The van der Waals surface area contributed by atoms with Crippen LogP contribution in [0.2, 0.25) is 0 Å². The van der Waals surface area contributed by atoms with E-state index in [9.17, 15) is 4.79 Å². The lowest BCUT2D eigenvalue weighted by Gasteiger charge is -2.18. The molecular weight excluding hydrogens is 236 g/mol. The second-order valence-corrected chi connectivity index (χ2v) is 5.28. The van der Waals surface area contributed by atoms with Gasteiger partial charge in [0.05, 0.1) is 0 Å². The average Bonchev–Trinajstić information content (AvgIpc) is 3.07. The molecule has 0 amide bonds. The average molecular weight is 254 g/mol. The van der Waals surface area contributed by atoms with E-state index in [1.165, 1.54) is 5.56 Å². The third kappa shape index (κ3) is 2.21. The smallest absolute Gasteiger partial charge is 0.201 e. The van der Waals surface area contributed by atoms with Crippen molar-refractivity contribution in [2.45, 2.75) is 25.2 Å². The van der Waals surface area contributed by atoms with Crippen molar-refractivity contribution in [3.05, 3.63) is 54.1 Å². The van der Waals surface area contributed by atoms with Crippen molar-refractivity contribution < 1.29 is 4.79 Å². The molecule has 0 spiro atoms. The Morgan fingerprint density at radius 2 is 2.05 bits per heavy atom. The lowest BCUT2D eigenvalue weighted by Crippen LogP contribution is -2.21. The minimum absolute atomic E-state index is 0.0866. The first-order chi connectivity index (χ1) is 9.27. The molecule has 1 aromatic heterocycles. The first-order valence-electron chi connectivity index (χ1n) is 6.84. The molecule has 1 aliphatic rings. The van der Waals surface area contributed by atoms with Gasteiger partial charge in [0.25, 0.3) is 0 Å². The van der Waals surface area contributed by atoms with Crippen LogP contribution in [0, 0.1) is 5.92 Å². The molecule has 98 valence electrons. The standard InChI is InChI=1S/C16H18N2O/c1-18-11-10-17-16(18)15(19)14-9-5-8-13(14)12-6-3-2-4-7-12/h2-4,6-7,10-11,13-14H,5,8-9H2,1H3/t13-,14+/m0/s1. The van der Waals surface area contributed by atoms with Crippen LogP contribution in [-0.4, -0.2) is 15.3 Å². The van der Waals surface area contributed by atoms with Crippen LogP contribution in [0.3, 0.4) is 0 Å². The fourth-order valence-electron chi connectivity index (χ4n) is 3.14. The maximum Gasteiger partial charge on any atom is 0.201 e. The van der Waals surface area contributed by atoms with Crippen molar-refractivity contribution in [1.29, 1.82) is 0 Å². The van der Waals surface area contributed by atoms with Gasteiger partial charge >= 0.3 is 0 Å². The van der Waals surface area contributed by atoms with E-state index < -0.39 is 0 Å². The summed E-state index contributed by atoms with van der Waals surface area (Å²) in [5, 5.41) is 0. The number of rotatable bonds is 3. The summed E-state index contributed by atoms with van der Waals surface area (Å²) in [6, 6.07) is 10.4. The van der Waals surface area contributed by atoms with Crippen molar-refractivity contribution in [1.82, 2.24) is 9.55 Å². The van der Waals surface area contributed by atoms with Gasteiger partial charge in [-0.3, -0.25) is 4.79 Å². The Kier molecular flexibility index (Phi) is 3.20. The number of carbonyl (C=O) groups is 1. The molecule has 1 heterocycles. The number of imidazole rings is 1. The lowest BCUT2D eigenvalue weighted by atomic mass is 9.86. The summed E-state index contributed by atoms with van der Waals surface area (Å²) in [6.07, 6.45) is 6.73. The van der Waals surface area contributed by atoms with Gasteiger partial charge in [-0.25, -0.2) is 4.98 Å². The fourth-order valence-corrected chi connectivity index (χ4v) is 3.14. The van der Waals surface area contributed by atoms with Gasteiger partial charge in [-0.1, -0.05) is 36.8 Å². The Hall–Kier alpha value is -1.90. The van der Waals surface area contributed by atoms with Crippen LogP contribution in [0.15, 0.2) is 42.7 Å². The lowest BCUT2D eigenvalue weighted by molar-refractivity contribution is 0.0898. The first kappa shape index (κ1) is 12.2. The van der Waals surface area contributed by atoms with Crippen molar-refractivity contribution in [3.63, 3.8) is 0 Å². The number of ketones is 1. The van der Waals surface area contributed by atoms with Crippen molar-refractivity contribution >= 4 is 5.78 Å². The Bertz CT molecular complexity index is 573. The minimum Gasteiger partial charge on any atom is -0.332 e. The molecule has 1 fully saturated rings. The number of hydrogen-bond acceptors (Lipinski definition) is 2. The zero-order chi connectivity index (χ0) is 13.2. The molecule has 0 radical (unpaired) electrons. The van der Waals surface area contributed by atoms with Crippen LogP contribution in [0.25, 0.3) is 0 Å². The van der Waals surface area contributed by atoms with Crippen LogP contribution in [-0.2, 0) is 7.05 Å². The monoisotopic (exact) mass is 254 g/mol. The van der Waals surface area contributed by atoms with Crippen molar-refractivity contribution in [2.24, 2.45) is 13.0 Å². The molecule has 0 bridgehead atoms. The number of aryl methyl sites for hydroxylation is 1. The highest BCUT2D eigenvalue weighted by Gasteiger charge is 2.35. The van der Waals surface area contributed by atoms with E-state index in [2.05, 4.69) is 29.2 Å². The molecule has 3 nitrogen and oxygen atoms in total. The summed E-state index contributed by atoms with van der Waals surface area (Å²) in [6.45, 7) is 0. The first-order valence-corrected chi connectivity index (χ1v) is 6.84. The predicted molar refractivity (Wildman–Crippen MR) is 74.1 cm³/mol. The third-order valence-corrected chi connectivity index (χ3v) is 4.12. The molecule has 0 saturated heterocycles. The summed E-state index contributed by atoms with van der Waals surface area (Å²) in [4.78, 5) is 16.8. The number of aromatic nitrogens is 2. The Balaban J connectivity index is 1.88. The van der Waals surface area contributed by atoms with E-state index in [1.807, 2.05) is 23.9 Å². The summed E-state index contributed by atoms with van der Waals surface area (Å²) in [7, 11) is 1.88. The molecule has 2 aromatic rings. The maximum atomic E-state index is 12.6. The number of Topliss-reactive ketones (excluding diaryl/α,β-unsaturated/α-hetero) is 1. The van der Waals surface area contributed by atoms with Crippen molar-refractivity contribution in [2.75, 3.05) is 0 Å². The zero-order valence-electron chi connectivity index (χ0n) is 11.1. The number of hydrogen-bond donors (Lipinski definition) is 0. The van der Waals surface area contributed by atoms with E-state index in [4.69, 9.17) is 0 Å². The third-order valence-electron chi connectivity index (χ3n) is 4.12. The normalized spacial score (nSPS) is 22.6. The highest BCUT2D eigenvalue weighted by molar-refractivity contribution is 5.95. The summed E-state index contributed by atoms with van der Waals surface area (Å²) in [5.41, 5.74) is 1.28. The Morgan fingerprint density at radius 3 is 2.74 bits per heavy atom. The van der Waals surface area contributed by atoms with Crippen LogP contribution in [0.1, 0.15) is 41.4 Å². The van der Waals surface area contributed by atoms with Crippen LogP contribution in [0.4, 0.5) is 0 Å². The molecule has 3 rings (SSSR count). The van der Waals surface area contributed by atoms with Crippen LogP contribution < -0.4 is 0 Å². The fraction of sp³-hybridized carbons (Fsp3) is 0.375. The molecule has 1 saturated carbocycles. The molecule has 0 unspecified atom stereocenters. The van der Waals surface area contributed by atoms with Gasteiger partial charge in [-0.2, -0.15) is 0 Å². The number of nitrogens with zero attached hydrogens (tertiary/aromatic N) is 2. The minimum atomic E-state index is 0.0866. The van der Waals surface area contributed by atoms with E-state index in [1.54, 1.807) is 6.20 Å². The summed E-state index contributed by atoms with van der Waals surface area (Å²) in [5.74, 6) is 1.22. The molecule has 0 N–H and O–H groups in total. The molecule has 3 heteroatoms. The topological polar surface area (TPSA) is 34.9 Å². The molecule has 1 aromatic carbocycles. The van der Waals surface area contributed by atoms with Crippen LogP contribution in [0.5, 0.6) is 0 Å². The quantitative estimate of drug-likeness (QED) is 0.788. The molecule has 0 aliphatic heterocycles. The van der Waals surface area contributed by atoms with E-state index in [0.29, 0.717) is 11.7 Å². The Morgan fingerprint density at radius 1 is 1.26 bits per heavy atom. The van der Waals surface area contributed by atoms with Gasteiger partial charge in [0.2, 0.25) is 5.78 Å². The Labute approximate surface area is 113 Å². The zero-order valence-corrected chi connectivity index (χ0v) is 11.1. The van der Waals surface area contributed by atoms with Gasteiger partial charge in [-0.15, -0.1) is 0 Å². The van der Waals surface area contributed by atoms with Gasteiger partial charge in [0.1, 0.15) is 0 Å². The van der Waals surface area contributed by atoms with Gasteiger partial charge in [-0.05, 0) is 24.3 Å². The van der Waals surface area contributed by atoms with Gasteiger partial charge < -0.3 is 4.57 Å². The molecule has 19 heavy (non-hydrogen) atoms. The van der Waals surface area contributed by atoms with Gasteiger partial charge in [0.15, 0.2) is 5.82 Å². The summed E-state index contributed by atoms with van der Waals surface area (Å²) >= 11 is 0. The highest BCUT2D eigenvalue weighted by Crippen LogP contribution is 2.40. The number of carbonyl (C=O) groups excluding carboxylic acids is 1. The second kappa shape index (κ2) is 5.00. The van der Waals surface area contributed by atoms with Crippen LogP contribution >= 0.6 is 0 Å².